The maximum Gasteiger partial charge on any atom is 0.232 e. The summed E-state index contributed by atoms with van der Waals surface area (Å²) >= 11 is 7.51. The van der Waals surface area contributed by atoms with Crippen molar-refractivity contribution >= 4 is 50.0 Å². The van der Waals surface area contributed by atoms with Crippen molar-refractivity contribution in [3.63, 3.8) is 0 Å². The number of primary amides is 1. The zero-order valence-corrected chi connectivity index (χ0v) is 21.6. The van der Waals surface area contributed by atoms with E-state index in [4.69, 9.17) is 26.8 Å². The van der Waals surface area contributed by atoms with Gasteiger partial charge in [-0.3, -0.25) is 4.79 Å². The number of sulfonamides is 1. The van der Waals surface area contributed by atoms with Crippen LogP contribution in [0.2, 0.25) is 0 Å². The van der Waals surface area contributed by atoms with Gasteiger partial charge in [-0.2, -0.15) is 8.68 Å². The maximum absolute atomic E-state index is 12.6. The smallest absolute Gasteiger partial charge is 0.232 e. The number of amides is 1. The maximum atomic E-state index is 12.6. The number of alkyl halides is 1. The molecule has 4 rings (SSSR count). The molecule has 0 saturated carbocycles. The molecule has 0 aliphatic carbocycles. The van der Waals surface area contributed by atoms with Crippen molar-refractivity contribution in [1.29, 1.82) is 0 Å². The average molecular weight is 542 g/mol. The van der Waals surface area contributed by atoms with Crippen molar-refractivity contribution in [1.82, 2.24) is 18.2 Å². The lowest BCUT2D eigenvalue weighted by Gasteiger charge is -2.31. The molecule has 0 bridgehead atoms. The van der Waals surface area contributed by atoms with E-state index in [9.17, 15) is 13.2 Å². The van der Waals surface area contributed by atoms with Crippen LogP contribution in [0.25, 0.3) is 10.9 Å². The van der Waals surface area contributed by atoms with Crippen molar-refractivity contribution in [2.75, 3.05) is 26.0 Å². The molecule has 1 saturated heterocycles. The first kappa shape index (κ1) is 26.0. The number of fused-ring (bicyclic) bond motifs is 1. The summed E-state index contributed by atoms with van der Waals surface area (Å²) in [6.45, 7) is 0.238. The van der Waals surface area contributed by atoms with Gasteiger partial charge >= 0.3 is 0 Å². The standard InChI is InChI=1S/C22H28ClN5O5S2/c1-32-8-9-35(30,31)28(13-20(24)29)14-21-25-22(26-34-21)18-10-15(11-19(23)33-18)12-27-7-6-16-4-2-3-5-17(16)27/h2-7,15,18-19H,8-14H2,1H3,(H2,24,29). The van der Waals surface area contributed by atoms with Gasteiger partial charge in [0.2, 0.25) is 15.9 Å². The van der Waals surface area contributed by atoms with Gasteiger partial charge < -0.3 is 19.8 Å². The van der Waals surface area contributed by atoms with E-state index in [1.807, 2.05) is 12.1 Å². The van der Waals surface area contributed by atoms with Gasteiger partial charge in [-0.05, 0) is 47.8 Å². The quantitative estimate of drug-likeness (QED) is 0.369. The molecular weight excluding hydrogens is 514 g/mol. The van der Waals surface area contributed by atoms with Gasteiger partial charge in [0.15, 0.2) is 5.82 Å². The van der Waals surface area contributed by atoms with Gasteiger partial charge in [-0.1, -0.05) is 29.8 Å². The van der Waals surface area contributed by atoms with Gasteiger partial charge in [0.1, 0.15) is 16.7 Å². The van der Waals surface area contributed by atoms with Crippen molar-refractivity contribution < 1.29 is 22.7 Å². The fourth-order valence-corrected chi connectivity index (χ4v) is 6.64. The summed E-state index contributed by atoms with van der Waals surface area (Å²) in [4.78, 5) is 16.0. The second-order valence-electron chi connectivity index (χ2n) is 8.49. The van der Waals surface area contributed by atoms with Crippen molar-refractivity contribution in [3.05, 3.63) is 47.4 Å². The Labute approximate surface area is 213 Å². The van der Waals surface area contributed by atoms with Crippen LogP contribution in [0.1, 0.15) is 29.8 Å². The fourth-order valence-electron chi connectivity index (χ4n) is 4.20. The van der Waals surface area contributed by atoms with Gasteiger partial charge in [-0.15, -0.1) is 0 Å². The number of rotatable bonds is 11. The molecule has 1 amide bonds. The highest BCUT2D eigenvalue weighted by atomic mass is 35.5. The molecule has 1 aromatic carbocycles. The molecule has 13 heteroatoms. The fraction of sp³-hybridized carbons (Fsp3) is 0.500. The van der Waals surface area contributed by atoms with Crippen molar-refractivity contribution in [2.24, 2.45) is 11.7 Å². The summed E-state index contributed by atoms with van der Waals surface area (Å²) in [7, 11) is -2.36. The molecule has 2 N–H and O–H groups in total. The first-order valence-corrected chi connectivity index (χ1v) is 14.0. The van der Waals surface area contributed by atoms with Crippen molar-refractivity contribution in [2.45, 2.75) is 37.6 Å². The predicted octanol–water partition coefficient (Wildman–Crippen LogP) is 2.49. The molecule has 3 atom stereocenters. The topological polar surface area (TPSA) is 130 Å². The van der Waals surface area contributed by atoms with Gasteiger partial charge in [0, 0.05) is 25.4 Å². The van der Waals surface area contributed by atoms with E-state index in [1.165, 1.54) is 18.0 Å². The lowest BCUT2D eigenvalue weighted by molar-refractivity contribution is -0.118. The molecule has 3 unspecified atom stereocenters. The summed E-state index contributed by atoms with van der Waals surface area (Å²) in [5.41, 5.74) is 5.96. The second-order valence-corrected chi connectivity index (χ2v) is 11.9. The van der Waals surface area contributed by atoms with E-state index in [2.05, 4.69) is 38.3 Å². The Morgan fingerprint density at radius 3 is 2.91 bits per heavy atom. The lowest BCUT2D eigenvalue weighted by atomic mass is 9.95. The van der Waals surface area contributed by atoms with E-state index in [-0.39, 0.29) is 24.8 Å². The number of para-hydroxylation sites is 1. The molecule has 0 spiro atoms. The Kier molecular flexibility index (Phi) is 8.40. The number of nitrogens with two attached hydrogens (primary N) is 1. The normalized spacial score (nSPS) is 21.1. The van der Waals surface area contributed by atoms with E-state index in [1.54, 1.807) is 0 Å². The molecule has 3 aromatic rings. The van der Waals surface area contributed by atoms with Gasteiger partial charge in [0.25, 0.3) is 0 Å². The summed E-state index contributed by atoms with van der Waals surface area (Å²) in [5, 5.41) is 1.63. The number of carbonyl (C=O) groups is 1. The highest BCUT2D eigenvalue weighted by Gasteiger charge is 2.33. The largest absolute Gasteiger partial charge is 0.384 e. The van der Waals surface area contributed by atoms with E-state index >= 15 is 0 Å². The molecule has 2 aromatic heterocycles. The highest BCUT2D eigenvalue weighted by Crippen LogP contribution is 2.37. The first-order chi connectivity index (χ1) is 16.7. The van der Waals surface area contributed by atoms with Crippen LogP contribution in [0.5, 0.6) is 0 Å². The third-order valence-electron chi connectivity index (χ3n) is 5.87. The lowest BCUT2D eigenvalue weighted by Crippen LogP contribution is -2.40. The Morgan fingerprint density at radius 1 is 1.34 bits per heavy atom. The third-order valence-corrected chi connectivity index (χ3v) is 8.59. The number of halogens is 1. The van der Waals surface area contributed by atoms with Crippen LogP contribution in [-0.4, -0.2) is 64.1 Å². The molecule has 3 heterocycles. The number of ether oxygens (including phenoxy) is 2. The summed E-state index contributed by atoms with van der Waals surface area (Å²) in [6, 6.07) is 10.3. The van der Waals surface area contributed by atoms with Crippen molar-refractivity contribution in [3.8, 4) is 0 Å². The number of hydrogen-bond acceptors (Lipinski definition) is 8. The Bertz CT molecular complexity index is 1260. The third kappa shape index (κ3) is 6.57. The number of nitrogens with zero attached hydrogens (tertiary/aromatic N) is 4. The Balaban J connectivity index is 1.46. The number of benzene rings is 1. The Hall–Kier alpha value is -2.09. The molecule has 190 valence electrons. The number of hydrogen-bond donors (Lipinski definition) is 1. The minimum atomic E-state index is -3.77. The first-order valence-electron chi connectivity index (χ1n) is 11.2. The minimum Gasteiger partial charge on any atom is -0.384 e. The van der Waals surface area contributed by atoms with Gasteiger partial charge in [-0.25, -0.2) is 13.4 Å². The molecule has 0 radical (unpaired) electrons. The van der Waals surface area contributed by atoms with Crippen LogP contribution in [0.15, 0.2) is 36.5 Å². The summed E-state index contributed by atoms with van der Waals surface area (Å²) in [6.07, 6.45) is 3.06. The van der Waals surface area contributed by atoms with Gasteiger partial charge in [0.05, 0.1) is 25.4 Å². The second kappa shape index (κ2) is 11.3. The van der Waals surface area contributed by atoms with Crippen LogP contribution in [-0.2, 0) is 37.4 Å². The number of carbonyl (C=O) groups excluding carboxylic acids is 1. The number of methoxy groups -OCH3 is 1. The van der Waals surface area contributed by atoms with E-state index in [0.717, 1.165) is 22.4 Å². The van der Waals surface area contributed by atoms with Crippen LogP contribution in [0.4, 0.5) is 0 Å². The summed E-state index contributed by atoms with van der Waals surface area (Å²) in [5.74, 6) is -0.305. The Morgan fingerprint density at radius 2 is 2.14 bits per heavy atom. The molecule has 1 aliphatic rings. The van der Waals surface area contributed by atoms with Crippen LogP contribution in [0.3, 0.4) is 0 Å². The molecule has 35 heavy (non-hydrogen) atoms. The highest BCUT2D eigenvalue weighted by molar-refractivity contribution is 7.89. The van der Waals surface area contributed by atoms with Crippen LogP contribution >= 0.6 is 23.1 Å². The predicted molar refractivity (Wildman–Crippen MR) is 133 cm³/mol. The van der Waals surface area contributed by atoms with Crippen LogP contribution in [0, 0.1) is 5.92 Å². The van der Waals surface area contributed by atoms with Crippen LogP contribution < -0.4 is 5.73 Å². The monoisotopic (exact) mass is 541 g/mol. The zero-order valence-electron chi connectivity index (χ0n) is 19.2. The van der Waals surface area contributed by atoms with E-state index in [0.29, 0.717) is 23.7 Å². The molecule has 10 nitrogen and oxygen atoms in total. The SMILES string of the molecule is COCCS(=O)(=O)N(CC(N)=O)Cc1nc(C2CC(Cn3ccc4ccccc43)CC(Cl)O2)ns1. The van der Waals surface area contributed by atoms with E-state index < -0.39 is 34.1 Å². The number of aromatic nitrogens is 3. The molecule has 1 aliphatic heterocycles. The minimum absolute atomic E-state index is 0.00403. The summed E-state index contributed by atoms with van der Waals surface area (Å²) < 4.78 is 43.7. The molecule has 1 fully saturated rings. The zero-order chi connectivity index (χ0) is 25.0. The molecular formula is C22H28ClN5O5S2. The average Bonchev–Trinajstić information content (AvgIpc) is 3.44.